The molecule has 0 saturated heterocycles. The lowest BCUT2D eigenvalue weighted by Gasteiger charge is -2.10. The number of sulfone groups is 1. The summed E-state index contributed by atoms with van der Waals surface area (Å²) in [5, 5.41) is 0.0861. The molecule has 1 aromatic heterocycles. The van der Waals surface area contributed by atoms with Crippen LogP contribution < -0.4 is 0 Å². The maximum Gasteiger partial charge on any atom is 0.227 e. The number of ketones is 1. The van der Waals surface area contributed by atoms with Crippen LogP contribution in [0.1, 0.15) is 25.7 Å². The number of imidazole rings is 1. The van der Waals surface area contributed by atoms with Crippen LogP contribution in [0, 0.1) is 5.92 Å². The molecule has 0 amide bonds. The minimum absolute atomic E-state index is 0.0861. The highest BCUT2D eigenvalue weighted by atomic mass is 32.2. The zero-order chi connectivity index (χ0) is 12.5. The Morgan fingerprint density at radius 3 is 2.88 bits per heavy atom. The number of nitrogens with zero attached hydrogens (tertiary/aromatic N) is 2. The van der Waals surface area contributed by atoms with Crippen molar-refractivity contribution in [3.63, 3.8) is 0 Å². The van der Waals surface area contributed by atoms with Crippen LogP contribution in [0.3, 0.4) is 0 Å². The molecule has 0 aliphatic heterocycles. The summed E-state index contributed by atoms with van der Waals surface area (Å²) in [6.45, 7) is 0.540. The average Bonchev–Trinajstić information content (AvgIpc) is 2.82. The molecular weight excluding hydrogens is 240 g/mol. The highest BCUT2D eigenvalue weighted by Gasteiger charge is 2.24. The second-order valence-corrected chi connectivity index (χ2v) is 6.43. The quantitative estimate of drug-likeness (QED) is 0.807. The minimum atomic E-state index is -3.28. The van der Waals surface area contributed by atoms with E-state index in [1.807, 2.05) is 0 Å². The first-order chi connectivity index (χ1) is 7.98. The maximum absolute atomic E-state index is 11.5. The summed E-state index contributed by atoms with van der Waals surface area (Å²) in [6, 6.07) is 0. The Hall–Kier alpha value is -1.17. The van der Waals surface area contributed by atoms with Gasteiger partial charge in [-0.05, 0) is 19.3 Å². The smallest absolute Gasteiger partial charge is 0.227 e. The number of aromatic nitrogens is 2. The Kier molecular flexibility index (Phi) is 3.33. The van der Waals surface area contributed by atoms with Crippen molar-refractivity contribution in [1.82, 2.24) is 9.55 Å². The minimum Gasteiger partial charge on any atom is -0.322 e. The molecule has 1 aliphatic rings. The van der Waals surface area contributed by atoms with Gasteiger partial charge in [0, 0.05) is 37.5 Å². The molecule has 17 heavy (non-hydrogen) atoms. The van der Waals surface area contributed by atoms with Crippen LogP contribution in [-0.2, 0) is 21.2 Å². The summed E-state index contributed by atoms with van der Waals surface area (Å²) in [7, 11) is -3.28. The Labute approximate surface area is 101 Å². The van der Waals surface area contributed by atoms with E-state index in [-0.39, 0.29) is 11.1 Å². The third kappa shape index (κ3) is 2.74. The predicted molar refractivity (Wildman–Crippen MR) is 62.3 cm³/mol. The van der Waals surface area contributed by atoms with E-state index in [4.69, 9.17) is 0 Å². The van der Waals surface area contributed by atoms with Gasteiger partial charge >= 0.3 is 0 Å². The molecule has 0 radical (unpaired) electrons. The molecule has 0 spiro atoms. The number of rotatable bonds is 4. The maximum atomic E-state index is 11.5. The van der Waals surface area contributed by atoms with Gasteiger partial charge in [-0.15, -0.1) is 0 Å². The molecule has 1 saturated carbocycles. The van der Waals surface area contributed by atoms with Crippen LogP contribution in [0.15, 0.2) is 17.6 Å². The van der Waals surface area contributed by atoms with E-state index in [2.05, 4.69) is 4.98 Å². The summed E-state index contributed by atoms with van der Waals surface area (Å²) in [4.78, 5) is 15.3. The molecule has 1 unspecified atom stereocenters. The topological polar surface area (TPSA) is 69.0 Å². The molecule has 1 atom stereocenters. The molecular formula is C11H16N2O3S. The van der Waals surface area contributed by atoms with Gasteiger partial charge in [0.25, 0.3) is 0 Å². The molecule has 5 nitrogen and oxygen atoms in total. The summed E-state index contributed by atoms with van der Waals surface area (Å²) in [5.74, 6) is 0.413. The number of aryl methyl sites for hydroxylation is 1. The number of Topliss-reactive ketones (excluding diaryl/α,β-unsaturated/α-hetero) is 1. The normalized spacial score (nSPS) is 21.0. The average molecular weight is 256 g/mol. The molecule has 0 aromatic carbocycles. The van der Waals surface area contributed by atoms with Crippen molar-refractivity contribution in [2.75, 3.05) is 6.26 Å². The van der Waals surface area contributed by atoms with Gasteiger partial charge in [-0.3, -0.25) is 4.79 Å². The second-order valence-electron chi connectivity index (χ2n) is 4.52. The molecule has 94 valence electrons. The number of hydrogen-bond donors (Lipinski definition) is 0. The van der Waals surface area contributed by atoms with E-state index in [0.29, 0.717) is 25.2 Å². The highest BCUT2D eigenvalue weighted by molar-refractivity contribution is 7.90. The fourth-order valence-electron chi connectivity index (χ4n) is 2.28. The lowest BCUT2D eigenvalue weighted by Crippen LogP contribution is -2.13. The Bertz CT molecular complexity index is 519. The monoisotopic (exact) mass is 256 g/mol. The molecule has 6 heteroatoms. The number of carbonyl (C=O) groups is 1. The largest absolute Gasteiger partial charge is 0.322 e. The van der Waals surface area contributed by atoms with E-state index in [9.17, 15) is 13.2 Å². The first-order valence-electron chi connectivity index (χ1n) is 5.72. The first kappa shape index (κ1) is 12.3. The van der Waals surface area contributed by atoms with Gasteiger partial charge in [-0.1, -0.05) is 0 Å². The van der Waals surface area contributed by atoms with Crippen LogP contribution in [0.25, 0.3) is 0 Å². The van der Waals surface area contributed by atoms with E-state index < -0.39 is 9.84 Å². The third-order valence-electron chi connectivity index (χ3n) is 3.16. The van der Waals surface area contributed by atoms with E-state index in [0.717, 1.165) is 19.1 Å². The Balaban J connectivity index is 2.05. The lowest BCUT2D eigenvalue weighted by molar-refractivity contribution is -0.120. The summed E-state index contributed by atoms with van der Waals surface area (Å²) in [5.41, 5.74) is 0. The van der Waals surface area contributed by atoms with Crippen molar-refractivity contribution in [1.29, 1.82) is 0 Å². The first-order valence-corrected chi connectivity index (χ1v) is 7.61. The molecule has 0 bridgehead atoms. The van der Waals surface area contributed by atoms with Gasteiger partial charge in [-0.2, -0.15) is 0 Å². The van der Waals surface area contributed by atoms with Crippen molar-refractivity contribution < 1.29 is 13.2 Å². The van der Waals surface area contributed by atoms with Crippen molar-refractivity contribution in [2.45, 2.75) is 37.4 Å². The van der Waals surface area contributed by atoms with Crippen LogP contribution in [0.5, 0.6) is 0 Å². The van der Waals surface area contributed by atoms with Crippen molar-refractivity contribution in [3.8, 4) is 0 Å². The van der Waals surface area contributed by atoms with Crippen molar-refractivity contribution >= 4 is 15.6 Å². The molecule has 1 fully saturated rings. The summed E-state index contributed by atoms with van der Waals surface area (Å²) in [6.07, 6.45) is 7.55. The Morgan fingerprint density at radius 1 is 1.53 bits per heavy atom. The fraction of sp³-hybridized carbons (Fsp3) is 0.636. The standard InChI is InChI=1S/C11H16N2O3S/c1-17(15,16)11-12-6-8-13(11)7-5-9-3-2-4-10(9)14/h6,8-9H,2-5,7H2,1H3. The van der Waals surface area contributed by atoms with Crippen molar-refractivity contribution in [3.05, 3.63) is 12.4 Å². The molecule has 1 aliphatic carbocycles. The SMILES string of the molecule is CS(=O)(=O)c1nccn1CCC1CCCC1=O. The zero-order valence-electron chi connectivity index (χ0n) is 9.80. The number of carbonyl (C=O) groups excluding carboxylic acids is 1. The lowest BCUT2D eigenvalue weighted by atomic mass is 10.0. The molecule has 0 N–H and O–H groups in total. The predicted octanol–water partition coefficient (Wildman–Crippen LogP) is 1.05. The summed E-state index contributed by atoms with van der Waals surface area (Å²) < 4.78 is 24.5. The van der Waals surface area contributed by atoms with Gasteiger partial charge in [0.1, 0.15) is 5.78 Å². The third-order valence-corrected chi connectivity index (χ3v) is 4.16. The zero-order valence-corrected chi connectivity index (χ0v) is 10.6. The molecule has 2 rings (SSSR count). The van der Waals surface area contributed by atoms with Crippen LogP contribution in [-0.4, -0.2) is 30.0 Å². The van der Waals surface area contributed by atoms with Gasteiger partial charge in [0.15, 0.2) is 0 Å². The van der Waals surface area contributed by atoms with Crippen LogP contribution in [0.2, 0.25) is 0 Å². The van der Waals surface area contributed by atoms with Gasteiger partial charge in [0.05, 0.1) is 0 Å². The fourth-order valence-corrected chi connectivity index (χ4v) is 3.11. The van der Waals surface area contributed by atoms with Gasteiger partial charge in [0.2, 0.25) is 15.0 Å². The van der Waals surface area contributed by atoms with E-state index >= 15 is 0 Å². The molecule has 1 aromatic rings. The highest BCUT2D eigenvalue weighted by Crippen LogP contribution is 2.25. The van der Waals surface area contributed by atoms with E-state index in [1.165, 1.54) is 6.20 Å². The van der Waals surface area contributed by atoms with Gasteiger partial charge < -0.3 is 4.57 Å². The van der Waals surface area contributed by atoms with Gasteiger partial charge in [-0.25, -0.2) is 13.4 Å². The molecule has 1 heterocycles. The van der Waals surface area contributed by atoms with Crippen molar-refractivity contribution in [2.24, 2.45) is 5.92 Å². The van der Waals surface area contributed by atoms with Crippen LogP contribution in [0.4, 0.5) is 0 Å². The van der Waals surface area contributed by atoms with Crippen LogP contribution >= 0.6 is 0 Å². The van der Waals surface area contributed by atoms with E-state index in [1.54, 1.807) is 10.8 Å². The number of hydrogen-bond acceptors (Lipinski definition) is 4. The summed E-state index contributed by atoms with van der Waals surface area (Å²) >= 11 is 0. The second kappa shape index (κ2) is 4.60. The Morgan fingerprint density at radius 2 is 2.29 bits per heavy atom.